The highest BCUT2D eigenvalue weighted by Crippen LogP contribution is 2.16. The van der Waals surface area contributed by atoms with E-state index in [4.69, 9.17) is 5.73 Å². The number of hydrogen-bond donors (Lipinski definition) is 2. The lowest BCUT2D eigenvalue weighted by Crippen LogP contribution is -2.40. The fourth-order valence-electron chi connectivity index (χ4n) is 1.19. The van der Waals surface area contributed by atoms with Gasteiger partial charge in [0.25, 0.3) is 0 Å². The van der Waals surface area contributed by atoms with E-state index in [-0.39, 0.29) is 17.6 Å². The smallest absolute Gasteiger partial charge is 0.243 e. The number of nitrogens with two attached hydrogens (primary N) is 1. The summed E-state index contributed by atoms with van der Waals surface area (Å²) in [5, 5.41) is 4.66. The summed E-state index contributed by atoms with van der Waals surface area (Å²) in [6, 6.07) is -0.551. The summed E-state index contributed by atoms with van der Waals surface area (Å²) < 4.78 is 0. The molecule has 0 spiro atoms. The lowest BCUT2D eigenvalue weighted by molar-refractivity contribution is -0.118. The largest absolute Gasteiger partial charge is 0.320 e. The highest BCUT2D eigenvalue weighted by atomic mass is 32.1. The van der Waals surface area contributed by atoms with Crippen molar-refractivity contribution < 1.29 is 9.59 Å². The van der Waals surface area contributed by atoms with Gasteiger partial charge in [0.15, 0.2) is 10.9 Å². The van der Waals surface area contributed by atoms with Gasteiger partial charge in [-0.1, -0.05) is 20.3 Å². The monoisotopic (exact) mass is 255 g/mol. The van der Waals surface area contributed by atoms with Crippen molar-refractivity contribution in [1.82, 2.24) is 4.98 Å². The van der Waals surface area contributed by atoms with Crippen molar-refractivity contribution in [2.75, 3.05) is 5.32 Å². The minimum absolute atomic E-state index is 0.113. The van der Waals surface area contributed by atoms with Gasteiger partial charge in [-0.05, 0) is 5.92 Å². The van der Waals surface area contributed by atoms with Crippen molar-refractivity contribution in [2.24, 2.45) is 11.7 Å². The molecule has 94 valence electrons. The van der Waals surface area contributed by atoms with Gasteiger partial charge in [0, 0.05) is 12.3 Å². The molecule has 1 aromatic heterocycles. The number of nitrogens with one attached hydrogen (secondary N) is 1. The number of hydrogen-bond acceptors (Lipinski definition) is 5. The Kier molecular flexibility index (Phi) is 4.77. The molecule has 1 aromatic rings. The molecule has 0 radical (unpaired) electrons. The fraction of sp³-hybridized carbons (Fsp3) is 0.545. The minimum Gasteiger partial charge on any atom is -0.320 e. The van der Waals surface area contributed by atoms with E-state index in [0.717, 1.165) is 6.42 Å². The number of anilines is 1. The van der Waals surface area contributed by atoms with Gasteiger partial charge >= 0.3 is 0 Å². The molecule has 3 N–H and O–H groups in total. The maximum absolute atomic E-state index is 11.7. The third kappa shape index (κ3) is 3.61. The molecule has 0 saturated heterocycles. The molecule has 0 fully saturated rings. The first-order valence-electron chi connectivity index (χ1n) is 5.48. The van der Waals surface area contributed by atoms with Gasteiger partial charge in [0.2, 0.25) is 5.91 Å². The molecular formula is C11H17N3O2S. The van der Waals surface area contributed by atoms with Gasteiger partial charge in [0.1, 0.15) is 5.69 Å². The van der Waals surface area contributed by atoms with Crippen LogP contribution in [0.15, 0.2) is 5.38 Å². The lowest BCUT2D eigenvalue weighted by Gasteiger charge is -2.16. The van der Waals surface area contributed by atoms with Crippen molar-refractivity contribution in [2.45, 2.75) is 33.2 Å². The van der Waals surface area contributed by atoms with Gasteiger partial charge < -0.3 is 11.1 Å². The van der Waals surface area contributed by atoms with Gasteiger partial charge in [-0.3, -0.25) is 9.59 Å². The normalized spacial score (nSPS) is 14.1. The van der Waals surface area contributed by atoms with E-state index in [2.05, 4.69) is 10.3 Å². The van der Waals surface area contributed by atoms with Gasteiger partial charge in [-0.15, -0.1) is 11.3 Å². The number of carbonyl (C=O) groups is 2. The second-order valence-electron chi connectivity index (χ2n) is 3.99. The Morgan fingerprint density at radius 2 is 2.24 bits per heavy atom. The van der Waals surface area contributed by atoms with Crippen LogP contribution in [-0.4, -0.2) is 22.7 Å². The average Bonchev–Trinajstić information content (AvgIpc) is 2.75. The molecule has 1 rings (SSSR count). The maximum Gasteiger partial charge on any atom is 0.243 e. The van der Waals surface area contributed by atoms with Gasteiger partial charge in [0.05, 0.1) is 6.04 Å². The van der Waals surface area contributed by atoms with Crippen LogP contribution in [0.5, 0.6) is 0 Å². The number of carbonyl (C=O) groups excluding carboxylic acids is 2. The van der Waals surface area contributed by atoms with E-state index in [1.54, 1.807) is 5.38 Å². The first kappa shape index (κ1) is 13.8. The molecule has 6 heteroatoms. The Balaban J connectivity index is 2.64. The Morgan fingerprint density at radius 1 is 1.59 bits per heavy atom. The standard InChI is InChI=1S/C11H17N3O2S/c1-4-6(2)9(12)10(16)14-11-13-8(5-17-11)7(3)15/h5-6,9H,4,12H2,1-3H3,(H,13,14,16). The van der Waals surface area contributed by atoms with Crippen LogP contribution >= 0.6 is 11.3 Å². The zero-order chi connectivity index (χ0) is 13.0. The number of Topliss-reactive ketones (excluding diaryl/α,β-unsaturated/α-hetero) is 1. The second kappa shape index (κ2) is 5.88. The number of aromatic nitrogens is 1. The molecule has 2 unspecified atom stereocenters. The molecule has 1 heterocycles. The second-order valence-corrected chi connectivity index (χ2v) is 4.85. The Bertz CT molecular complexity index is 417. The molecule has 0 aliphatic rings. The zero-order valence-electron chi connectivity index (χ0n) is 10.2. The fourth-order valence-corrected chi connectivity index (χ4v) is 1.95. The zero-order valence-corrected chi connectivity index (χ0v) is 11.0. The third-order valence-corrected chi connectivity index (χ3v) is 3.41. The molecule has 0 saturated carbocycles. The predicted octanol–water partition coefficient (Wildman–Crippen LogP) is 1.66. The summed E-state index contributed by atoms with van der Waals surface area (Å²) in [4.78, 5) is 26.8. The highest BCUT2D eigenvalue weighted by Gasteiger charge is 2.20. The van der Waals surface area contributed by atoms with E-state index >= 15 is 0 Å². The number of rotatable bonds is 5. The summed E-state index contributed by atoms with van der Waals surface area (Å²) in [5.41, 5.74) is 6.15. The summed E-state index contributed by atoms with van der Waals surface area (Å²) in [6.45, 7) is 5.34. The summed E-state index contributed by atoms with van der Waals surface area (Å²) >= 11 is 1.22. The lowest BCUT2D eigenvalue weighted by atomic mass is 10.00. The summed E-state index contributed by atoms with van der Waals surface area (Å²) in [7, 11) is 0. The van der Waals surface area contributed by atoms with Crippen molar-refractivity contribution in [1.29, 1.82) is 0 Å². The minimum atomic E-state index is -0.551. The number of thiazole rings is 1. The molecular weight excluding hydrogens is 238 g/mol. The molecule has 0 aliphatic carbocycles. The first-order chi connectivity index (χ1) is 7.95. The van der Waals surface area contributed by atoms with Crippen LogP contribution in [0.1, 0.15) is 37.7 Å². The Labute approximate surface area is 104 Å². The van der Waals surface area contributed by atoms with Crippen LogP contribution in [0.2, 0.25) is 0 Å². The SMILES string of the molecule is CCC(C)C(N)C(=O)Nc1nc(C(C)=O)cs1. The van der Waals surface area contributed by atoms with Crippen molar-refractivity contribution in [3.05, 3.63) is 11.1 Å². The average molecular weight is 255 g/mol. The van der Waals surface area contributed by atoms with E-state index in [0.29, 0.717) is 10.8 Å². The van der Waals surface area contributed by atoms with Crippen molar-refractivity contribution >= 4 is 28.2 Å². The molecule has 0 aromatic carbocycles. The number of ketones is 1. The van der Waals surface area contributed by atoms with E-state index in [9.17, 15) is 9.59 Å². The van der Waals surface area contributed by atoms with E-state index < -0.39 is 6.04 Å². The predicted molar refractivity (Wildman–Crippen MR) is 68.2 cm³/mol. The van der Waals surface area contributed by atoms with Crippen LogP contribution < -0.4 is 11.1 Å². The quantitative estimate of drug-likeness (QED) is 0.783. The molecule has 17 heavy (non-hydrogen) atoms. The van der Waals surface area contributed by atoms with Crippen LogP contribution in [-0.2, 0) is 4.79 Å². The number of amides is 1. The molecule has 1 amide bonds. The first-order valence-corrected chi connectivity index (χ1v) is 6.36. The molecule has 2 atom stereocenters. The Morgan fingerprint density at radius 3 is 2.71 bits per heavy atom. The highest BCUT2D eigenvalue weighted by molar-refractivity contribution is 7.14. The Hall–Kier alpha value is -1.27. The van der Waals surface area contributed by atoms with E-state index in [1.165, 1.54) is 18.3 Å². The number of nitrogens with zero attached hydrogens (tertiary/aromatic N) is 1. The summed E-state index contributed by atoms with van der Waals surface area (Å²) in [5.74, 6) is -0.265. The van der Waals surface area contributed by atoms with E-state index in [1.807, 2.05) is 13.8 Å². The van der Waals surface area contributed by atoms with Crippen molar-refractivity contribution in [3.63, 3.8) is 0 Å². The molecule has 0 bridgehead atoms. The molecule has 5 nitrogen and oxygen atoms in total. The van der Waals surface area contributed by atoms with Gasteiger partial charge in [-0.25, -0.2) is 4.98 Å². The van der Waals surface area contributed by atoms with Crippen LogP contribution in [0.4, 0.5) is 5.13 Å². The topological polar surface area (TPSA) is 85.1 Å². The van der Waals surface area contributed by atoms with Gasteiger partial charge in [-0.2, -0.15) is 0 Å². The third-order valence-electron chi connectivity index (χ3n) is 2.65. The molecule has 0 aliphatic heterocycles. The summed E-state index contributed by atoms with van der Waals surface area (Å²) in [6.07, 6.45) is 0.838. The maximum atomic E-state index is 11.7. The van der Waals surface area contributed by atoms with Crippen LogP contribution in [0, 0.1) is 5.92 Å². The van der Waals surface area contributed by atoms with Crippen LogP contribution in [0.25, 0.3) is 0 Å². The van der Waals surface area contributed by atoms with Crippen LogP contribution in [0.3, 0.4) is 0 Å². The van der Waals surface area contributed by atoms with Crippen molar-refractivity contribution in [3.8, 4) is 0 Å².